The van der Waals surface area contributed by atoms with Gasteiger partial charge >= 0.3 is 5.97 Å². The van der Waals surface area contributed by atoms with E-state index in [1.165, 1.54) is 97.0 Å². The quantitative estimate of drug-likeness (QED) is 0.186. The van der Waals surface area contributed by atoms with Crippen molar-refractivity contribution in [3.05, 3.63) is 0 Å². The molecule has 0 saturated carbocycles. The molecule has 0 spiro atoms. The summed E-state index contributed by atoms with van der Waals surface area (Å²) in [6.45, 7) is 2.26. The van der Waals surface area contributed by atoms with Crippen LogP contribution >= 0.6 is 0 Å². The molecule has 0 amide bonds. The zero-order chi connectivity index (χ0) is 19.3. The zero-order valence-electron chi connectivity index (χ0n) is 17.8. The molecule has 3 heteroatoms. The van der Waals surface area contributed by atoms with Crippen molar-refractivity contribution in [1.29, 1.82) is 0 Å². The van der Waals surface area contributed by atoms with Gasteiger partial charge in [0.05, 0.1) is 13.2 Å². The molecule has 1 N–H and O–H groups in total. The van der Waals surface area contributed by atoms with Crippen LogP contribution in [0.15, 0.2) is 0 Å². The van der Waals surface area contributed by atoms with Crippen molar-refractivity contribution in [3.63, 3.8) is 0 Å². The lowest BCUT2D eigenvalue weighted by molar-refractivity contribution is -0.140. The number of hydrogen-bond acceptors (Lipinski definition) is 3. The summed E-state index contributed by atoms with van der Waals surface area (Å²) in [5, 5.41) is 10.0. The standard InChI is InChI=1S/C23H46O3/c1-3-4-5-6-7-10-13-16-19-22(24)20-17-14-11-8-9-12-15-18-21-23(25)26-2/h22,24H,3-21H2,1-2H3. The van der Waals surface area contributed by atoms with E-state index in [1.807, 2.05) is 0 Å². The van der Waals surface area contributed by atoms with E-state index in [9.17, 15) is 9.90 Å². The number of unbranched alkanes of at least 4 members (excludes halogenated alkanes) is 14. The highest BCUT2D eigenvalue weighted by Gasteiger charge is 2.04. The summed E-state index contributed by atoms with van der Waals surface area (Å²) in [6, 6.07) is 0. The molecule has 1 unspecified atom stereocenters. The highest BCUT2D eigenvalue weighted by molar-refractivity contribution is 5.68. The van der Waals surface area contributed by atoms with E-state index in [2.05, 4.69) is 11.7 Å². The molecule has 156 valence electrons. The third kappa shape index (κ3) is 19.8. The lowest BCUT2D eigenvalue weighted by atomic mass is 10.0. The second kappa shape index (κ2) is 20.7. The lowest BCUT2D eigenvalue weighted by Gasteiger charge is -2.10. The lowest BCUT2D eigenvalue weighted by Crippen LogP contribution is -2.05. The number of aliphatic hydroxyl groups excluding tert-OH is 1. The van der Waals surface area contributed by atoms with E-state index in [-0.39, 0.29) is 12.1 Å². The van der Waals surface area contributed by atoms with Gasteiger partial charge in [-0.25, -0.2) is 0 Å². The fraction of sp³-hybridized carbons (Fsp3) is 0.957. The normalized spacial score (nSPS) is 12.3. The number of hydrogen-bond donors (Lipinski definition) is 1. The Kier molecular flexibility index (Phi) is 20.3. The molecule has 1 atom stereocenters. The minimum Gasteiger partial charge on any atom is -0.469 e. The Morgan fingerprint density at radius 1 is 0.692 bits per heavy atom. The number of ether oxygens (including phenoxy) is 1. The van der Waals surface area contributed by atoms with Crippen LogP contribution in [0.25, 0.3) is 0 Å². The summed E-state index contributed by atoms with van der Waals surface area (Å²) >= 11 is 0. The molecule has 0 fully saturated rings. The number of rotatable bonds is 20. The van der Waals surface area contributed by atoms with Crippen LogP contribution in [-0.4, -0.2) is 24.3 Å². The predicted octanol–water partition coefficient (Wildman–Crippen LogP) is 6.95. The minimum absolute atomic E-state index is 0.0755. The third-order valence-corrected chi connectivity index (χ3v) is 5.29. The molecule has 0 bridgehead atoms. The van der Waals surface area contributed by atoms with Gasteiger partial charge in [-0.15, -0.1) is 0 Å². The van der Waals surface area contributed by atoms with Gasteiger partial charge < -0.3 is 9.84 Å². The van der Waals surface area contributed by atoms with Gasteiger partial charge in [-0.3, -0.25) is 4.79 Å². The van der Waals surface area contributed by atoms with Gasteiger partial charge in [0.1, 0.15) is 0 Å². The molecule has 0 aromatic carbocycles. The maximum absolute atomic E-state index is 11.0. The number of methoxy groups -OCH3 is 1. The van der Waals surface area contributed by atoms with Crippen molar-refractivity contribution in [3.8, 4) is 0 Å². The summed E-state index contributed by atoms with van der Waals surface area (Å²) in [7, 11) is 1.45. The number of aliphatic hydroxyl groups is 1. The predicted molar refractivity (Wildman–Crippen MR) is 111 cm³/mol. The van der Waals surface area contributed by atoms with Gasteiger partial charge in [-0.1, -0.05) is 103 Å². The first-order valence-electron chi connectivity index (χ1n) is 11.5. The van der Waals surface area contributed by atoms with Crippen LogP contribution in [0.4, 0.5) is 0 Å². The molecule has 0 aliphatic rings. The average molecular weight is 371 g/mol. The first kappa shape index (κ1) is 25.4. The van der Waals surface area contributed by atoms with Crippen molar-refractivity contribution in [2.75, 3.05) is 7.11 Å². The Morgan fingerprint density at radius 3 is 1.50 bits per heavy atom. The van der Waals surface area contributed by atoms with Crippen LogP contribution in [0.5, 0.6) is 0 Å². The maximum atomic E-state index is 11.0. The number of esters is 1. The average Bonchev–Trinajstić information content (AvgIpc) is 2.65. The number of carbonyl (C=O) groups is 1. The molecule has 0 radical (unpaired) electrons. The largest absolute Gasteiger partial charge is 0.469 e. The Bertz CT molecular complexity index is 291. The van der Waals surface area contributed by atoms with Crippen LogP contribution < -0.4 is 0 Å². The highest BCUT2D eigenvalue weighted by Crippen LogP contribution is 2.15. The Hall–Kier alpha value is -0.570. The first-order valence-corrected chi connectivity index (χ1v) is 11.5. The zero-order valence-corrected chi connectivity index (χ0v) is 17.8. The maximum Gasteiger partial charge on any atom is 0.305 e. The molecule has 0 rings (SSSR count). The van der Waals surface area contributed by atoms with Crippen molar-refractivity contribution in [2.45, 2.75) is 135 Å². The summed E-state index contributed by atoms with van der Waals surface area (Å²) in [5.41, 5.74) is 0. The Balaban J connectivity index is 3.17. The molecule has 0 heterocycles. The molecule has 0 aromatic heterocycles. The van der Waals surface area contributed by atoms with Crippen LogP contribution in [-0.2, 0) is 9.53 Å². The van der Waals surface area contributed by atoms with Crippen molar-refractivity contribution >= 4 is 5.97 Å². The van der Waals surface area contributed by atoms with Gasteiger partial charge in [-0.2, -0.15) is 0 Å². The Labute approximate surface area is 163 Å². The smallest absolute Gasteiger partial charge is 0.305 e. The fourth-order valence-electron chi connectivity index (χ4n) is 3.47. The minimum atomic E-state index is -0.0875. The number of carbonyl (C=O) groups excluding carboxylic acids is 1. The third-order valence-electron chi connectivity index (χ3n) is 5.29. The van der Waals surface area contributed by atoms with Crippen LogP contribution in [0, 0.1) is 0 Å². The summed E-state index contributed by atoms with van der Waals surface area (Å²) in [5.74, 6) is -0.0875. The molecule has 0 saturated heterocycles. The van der Waals surface area contributed by atoms with E-state index in [1.54, 1.807) is 0 Å². The molecule has 0 aromatic rings. The second-order valence-corrected chi connectivity index (χ2v) is 7.86. The molecule has 3 nitrogen and oxygen atoms in total. The summed E-state index contributed by atoms with van der Waals surface area (Å²) < 4.78 is 4.64. The van der Waals surface area contributed by atoms with Crippen molar-refractivity contribution in [1.82, 2.24) is 0 Å². The van der Waals surface area contributed by atoms with Gasteiger partial charge in [-0.05, 0) is 19.3 Å². The van der Waals surface area contributed by atoms with Crippen molar-refractivity contribution < 1.29 is 14.6 Å². The summed E-state index contributed by atoms with van der Waals surface area (Å²) in [6.07, 6.45) is 22.7. The van der Waals surface area contributed by atoms with Crippen LogP contribution in [0.1, 0.15) is 129 Å². The van der Waals surface area contributed by atoms with Gasteiger partial charge in [0.25, 0.3) is 0 Å². The molecule has 0 aliphatic heterocycles. The molecule has 26 heavy (non-hydrogen) atoms. The van der Waals surface area contributed by atoms with Crippen LogP contribution in [0.3, 0.4) is 0 Å². The van der Waals surface area contributed by atoms with E-state index >= 15 is 0 Å². The van der Waals surface area contributed by atoms with Gasteiger partial charge in [0.2, 0.25) is 0 Å². The van der Waals surface area contributed by atoms with Crippen molar-refractivity contribution in [2.24, 2.45) is 0 Å². The molecule has 0 aliphatic carbocycles. The van der Waals surface area contributed by atoms with Crippen LogP contribution in [0.2, 0.25) is 0 Å². The fourth-order valence-corrected chi connectivity index (χ4v) is 3.47. The summed E-state index contributed by atoms with van der Waals surface area (Å²) in [4.78, 5) is 11.0. The Morgan fingerprint density at radius 2 is 1.08 bits per heavy atom. The molecular weight excluding hydrogens is 324 g/mol. The van der Waals surface area contributed by atoms with E-state index in [4.69, 9.17) is 0 Å². The highest BCUT2D eigenvalue weighted by atomic mass is 16.5. The second-order valence-electron chi connectivity index (χ2n) is 7.86. The first-order chi connectivity index (χ1) is 12.7. The molecular formula is C23H46O3. The monoisotopic (exact) mass is 370 g/mol. The van der Waals surface area contributed by atoms with E-state index in [0.29, 0.717) is 6.42 Å². The van der Waals surface area contributed by atoms with Gasteiger partial charge in [0, 0.05) is 6.42 Å². The topological polar surface area (TPSA) is 46.5 Å². The van der Waals surface area contributed by atoms with E-state index in [0.717, 1.165) is 25.7 Å². The SMILES string of the molecule is CCCCCCCCCCC(O)CCCCCCCCCCC(=O)OC. The van der Waals surface area contributed by atoms with Gasteiger partial charge in [0.15, 0.2) is 0 Å². The van der Waals surface area contributed by atoms with E-state index < -0.39 is 0 Å².